The lowest BCUT2D eigenvalue weighted by Crippen LogP contribution is -2.41. The molecule has 0 rings (SSSR count). The second kappa shape index (κ2) is 12.9. The van der Waals surface area contributed by atoms with Crippen molar-refractivity contribution in [1.29, 1.82) is 0 Å². The van der Waals surface area contributed by atoms with E-state index in [1.54, 1.807) is 0 Å². The van der Waals surface area contributed by atoms with E-state index in [-0.39, 0.29) is 29.5 Å². The van der Waals surface area contributed by atoms with E-state index in [0.29, 0.717) is 6.61 Å². The van der Waals surface area contributed by atoms with Crippen LogP contribution in [0, 0.1) is 0 Å². The van der Waals surface area contributed by atoms with E-state index in [4.69, 9.17) is 4.74 Å². The first-order valence-electron chi connectivity index (χ1n) is 6.84. The first-order valence-corrected chi connectivity index (χ1v) is 6.84. The Balaban J connectivity index is 0. The van der Waals surface area contributed by atoms with E-state index in [1.165, 1.54) is 0 Å². The number of ether oxygens (including phenoxy) is 1. The molecular weight excluding hydrogens is 355 g/mol. The highest BCUT2D eigenvalue weighted by Gasteiger charge is 2.06. The smallest absolute Gasteiger partial charge is 0.191 e. The molecule has 0 unspecified atom stereocenters. The summed E-state index contributed by atoms with van der Waals surface area (Å²) in [7, 11) is 0. The van der Waals surface area contributed by atoms with Crippen molar-refractivity contribution >= 4 is 29.9 Å². The molecular formula is C13H31IN4O. The van der Waals surface area contributed by atoms with Crippen LogP contribution >= 0.6 is 24.0 Å². The average Bonchev–Trinajstić information content (AvgIpc) is 2.28. The Morgan fingerprint density at radius 1 is 1.11 bits per heavy atom. The highest BCUT2D eigenvalue weighted by molar-refractivity contribution is 14.0. The topological polar surface area (TPSA) is 57.7 Å². The van der Waals surface area contributed by atoms with Crippen LogP contribution in [0.15, 0.2) is 4.99 Å². The van der Waals surface area contributed by atoms with Crippen LogP contribution < -0.4 is 16.0 Å². The Hall–Kier alpha value is -0.0800. The number of nitrogens with zero attached hydrogens (tertiary/aromatic N) is 1. The number of nitrogens with one attached hydrogen (secondary N) is 3. The normalized spacial score (nSPS) is 11.9. The maximum absolute atomic E-state index is 5.27. The number of aliphatic imine (C=N–C) groups is 1. The van der Waals surface area contributed by atoms with Gasteiger partial charge in [-0.2, -0.15) is 0 Å². The predicted octanol–water partition coefficient (Wildman–Crippen LogP) is 1.58. The van der Waals surface area contributed by atoms with Gasteiger partial charge >= 0.3 is 0 Å². The summed E-state index contributed by atoms with van der Waals surface area (Å²) in [6, 6.07) is 0. The monoisotopic (exact) mass is 386 g/mol. The van der Waals surface area contributed by atoms with Gasteiger partial charge in [-0.25, -0.2) is 0 Å². The van der Waals surface area contributed by atoms with Gasteiger partial charge in [0.1, 0.15) is 0 Å². The van der Waals surface area contributed by atoms with Crippen LogP contribution in [-0.2, 0) is 4.74 Å². The summed E-state index contributed by atoms with van der Waals surface area (Å²) in [6.45, 7) is 15.3. The quantitative estimate of drug-likeness (QED) is 0.257. The van der Waals surface area contributed by atoms with Crippen LogP contribution in [0.3, 0.4) is 0 Å². The number of rotatable bonds is 8. The molecule has 0 aromatic heterocycles. The summed E-state index contributed by atoms with van der Waals surface area (Å²) in [6.07, 6.45) is 0. The Labute approximate surface area is 135 Å². The first kappa shape index (κ1) is 21.2. The Morgan fingerprint density at radius 2 is 1.79 bits per heavy atom. The number of halogens is 1. The van der Waals surface area contributed by atoms with Crippen LogP contribution in [0.1, 0.15) is 34.6 Å². The Morgan fingerprint density at radius 3 is 2.32 bits per heavy atom. The summed E-state index contributed by atoms with van der Waals surface area (Å²) < 4.78 is 5.27. The average molecular weight is 386 g/mol. The van der Waals surface area contributed by atoms with Crippen molar-refractivity contribution in [2.75, 3.05) is 39.4 Å². The van der Waals surface area contributed by atoms with Gasteiger partial charge in [-0.3, -0.25) is 4.99 Å². The minimum absolute atomic E-state index is 0. The van der Waals surface area contributed by atoms with Gasteiger partial charge in [0, 0.05) is 31.8 Å². The molecule has 0 amide bonds. The maximum atomic E-state index is 5.27. The largest absolute Gasteiger partial charge is 0.380 e. The lowest BCUT2D eigenvalue weighted by molar-refractivity contribution is 0.152. The molecule has 0 fully saturated rings. The number of hydrogen-bond acceptors (Lipinski definition) is 3. The molecule has 0 aliphatic carbocycles. The van der Waals surface area contributed by atoms with Crippen LogP contribution in [0.2, 0.25) is 0 Å². The summed E-state index contributed by atoms with van der Waals surface area (Å²) in [5.41, 5.74) is 0.149. The molecule has 0 aromatic rings. The molecule has 0 bridgehead atoms. The predicted molar refractivity (Wildman–Crippen MR) is 93.6 cm³/mol. The molecule has 116 valence electrons. The van der Waals surface area contributed by atoms with Crippen LogP contribution in [-0.4, -0.2) is 50.9 Å². The van der Waals surface area contributed by atoms with Crippen molar-refractivity contribution < 1.29 is 4.74 Å². The van der Waals surface area contributed by atoms with Crippen LogP contribution in [0.4, 0.5) is 0 Å². The van der Waals surface area contributed by atoms with E-state index >= 15 is 0 Å². The van der Waals surface area contributed by atoms with E-state index < -0.39 is 0 Å². The third kappa shape index (κ3) is 15.9. The fourth-order valence-electron chi connectivity index (χ4n) is 1.33. The molecule has 3 N–H and O–H groups in total. The zero-order valence-electron chi connectivity index (χ0n) is 13.0. The SMILES string of the molecule is CCNC(=NCCNC(C)(C)C)NCCOCC.I. The summed E-state index contributed by atoms with van der Waals surface area (Å²) in [4.78, 5) is 4.49. The van der Waals surface area contributed by atoms with E-state index in [1.807, 2.05) is 6.92 Å². The number of guanidine groups is 1. The first-order chi connectivity index (χ1) is 8.49. The Bertz CT molecular complexity index is 229. The van der Waals surface area contributed by atoms with Gasteiger partial charge in [-0.15, -0.1) is 24.0 Å². The summed E-state index contributed by atoms with van der Waals surface area (Å²) in [5.74, 6) is 0.855. The molecule has 0 saturated heterocycles. The van der Waals surface area contributed by atoms with Gasteiger partial charge in [-0.1, -0.05) is 0 Å². The number of hydrogen-bond donors (Lipinski definition) is 3. The molecule has 0 aliphatic heterocycles. The van der Waals surface area contributed by atoms with Crippen LogP contribution in [0.25, 0.3) is 0 Å². The lowest BCUT2D eigenvalue weighted by Gasteiger charge is -2.20. The second-order valence-corrected chi connectivity index (χ2v) is 5.06. The van der Waals surface area contributed by atoms with Crippen molar-refractivity contribution in [1.82, 2.24) is 16.0 Å². The molecule has 0 aromatic carbocycles. The molecule has 0 aliphatic rings. The fourth-order valence-corrected chi connectivity index (χ4v) is 1.33. The molecule has 0 radical (unpaired) electrons. The minimum Gasteiger partial charge on any atom is -0.380 e. The molecule has 19 heavy (non-hydrogen) atoms. The van der Waals surface area contributed by atoms with Gasteiger partial charge in [0.2, 0.25) is 0 Å². The van der Waals surface area contributed by atoms with Crippen LogP contribution in [0.5, 0.6) is 0 Å². The summed E-state index contributed by atoms with van der Waals surface area (Å²) in [5, 5.41) is 9.86. The standard InChI is InChI=1S/C13H30N4O.HI/c1-6-14-12(16-10-11-18-7-2)15-8-9-17-13(3,4)5;/h17H,6-11H2,1-5H3,(H2,14,15,16);1H. The molecule has 0 atom stereocenters. The van der Waals surface area contributed by atoms with Gasteiger partial charge in [0.05, 0.1) is 13.2 Å². The van der Waals surface area contributed by atoms with E-state index in [2.05, 4.69) is 48.6 Å². The van der Waals surface area contributed by atoms with Crippen molar-refractivity contribution in [3.8, 4) is 0 Å². The highest BCUT2D eigenvalue weighted by atomic mass is 127. The molecule has 5 nitrogen and oxygen atoms in total. The highest BCUT2D eigenvalue weighted by Crippen LogP contribution is 1.96. The van der Waals surface area contributed by atoms with Gasteiger partial charge in [0.25, 0.3) is 0 Å². The van der Waals surface area contributed by atoms with Gasteiger partial charge in [0.15, 0.2) is 5.96 Å². The fraction of sp³-hybridized carbons (Fsp3) is 0.923. The third-order valence-electron chi connectivity index (χ3n) is 2.12. The zero-order chi connectivity index (χ0) is 13.9. The molecule has 6 heteroatoms. The molecule has 0 heterocycles. The van der Waals surface area contributed by atoms with Gasteiger partial charge < -0.3 is 20.7 Å². The zero-order valence-corrected chi connectivity index (χ0v) is 15.3. The minimum atomic E-state index is 0. The van der Waals surface area contributed by atoms with Crippen molar-refractivity contribution in [2.24, 2.45) is 4.99 Å². The summed E-state index contributed by atoms with van der Waals surface area (Å²) >= 11 is 0. The molecule has 0 saturated carbocycles. The second-order valence-electron chi connectivity index (χ2n) is 5.06. The van der Waals surface area contributed by atoms with Crippen molar-refractivity contribution in [2.45, 2.75) is 40.2 Å². The molecule has 0 spiro atoms. The third-order valence-corrected chi connectivity index (χ3v) is 2.12. The van der Waals surface area contributed by atoms with E-state index in [0.717, 1.165) is 38.7 Å². The van der Waals surface area contributed by atoms with Crippen molar-refractivity contribution in [3.63, 3.8) is 0 Å². The van der Waals surface area contributed by atoms with E-state index in [9.17, 15) is 0 Å². The Kier molecular flexibility index (Phi) is 14.4. The van der Waals surface area contributed by atoms with Crippen molar-refractivity contribution in [3.05, 3.63) is 0 Å². The maximum Gasteiger partial charge on any atom is 0.191 e. The lowest BCUT2D eigenvalue weighted by atomic mass is 10.1. The van der Waals surface area contributed by atoms with Gasteiger partial charge in [-0.05, 0) is 34.6 Å².